The highest BCUT2D eigenvalue weighted by Crippen LogP contribution is 2.32. The Morgan fingerprint density at radius 3 is 2.76 bits per heavy atom. The Balaban J connectivity index is 1.56. The Morgan fingerprint density at radius 1 is 0.966 bits per heavy atom. The maximum Gasteiger partial charge on any atom is 0.214 e. The number of rotatable bonds is 1. The first-order valence-electron chi connectivity index (χ1n) is 10.2. The quantitative estimate of drug-likeness (QED) is 0.621. The number of fused-ring (bicyclic) bond motifs is 4. The fourth-order valence-electron chi connectivity index (χ4n) is 3.71. The van der Waals surface area contributed by atoms with Gasteiger partial charge in [-0.3, -0.25) is 4.68 Å². The Labute approximate surface area is 168 Å². The molecule has 2 aliphatic rings. The molecule has 0 spiro atoms. The van der Waals surface area contributed by atoms with Crippen molar-refractivity contribution in [2.45, 2.75) is 32.0 Å². The van der Waals surface area contributed by atoms with Crippen LogP contribution in [-0.2, 0) is 20.8 Å². The zero-order chi connectivity index (χ0) is 19.5. The van der Waals surface area contributed by atoms with Crippen molar-refractivity contribution in [2.24, 2.45) is 0 Å². The molecule has 5 heterocycles. The zero-order valence-corrected chi connectivity index (χ0v) is 16.3. The van der Waals surface area contributed by atoms with Crippen molar-refractivity contribution >= 4 is 11.0 Å². The van der Waals surface area contributed by atoms with Crippen molar-refractivity contribution < 1.29 is 18.9 Å². The lowest BCUT2D eigenvalue weighted by atomic mass is 10.2. The lowest BCUT2D eigenvalue weighted by molar-refractivity contribution is -0.0365. The van der Waals surface area contributed by atoms with Crippen LogP contribution in [0.25, 0.3) is 22.3 Å². The number of hydrogen-bond acceptors (Lipinski definition) is 7. The molecule has 3 aromatic rings. The molecule has 1 atom stereocenters. The van der Waals surface area contributed by atoms with Gasteiger partial charge in [0.2, 0.25) is 5.88 Å². The van der Waals surface area contributed by atoms with E-state index < -0.39 is 0 Å². The van der Waals surface area contributed by atoms with Crippen molar-refractivity contribution in [3.63, 3.8) is 0 Å². The van der Waals surface area contributed by atoms with Gasteiger partial charge in [0.25, 0.3) is 0 Å². The highest BCUT2D eigenvalue weighted by molar-refractivity contribution is 5.90. The monoisotopic (exact) mass is 399 g/mol. The zero-order valence-electron chi connectivity index (χ0n) is 16.3. The summed E-state index contributed by atoms with van der Waals surface area (Å²) >= 11 is 0. The van der Waals surface area contributed by atoms with Gasteiger partial charge in [-0.05, 0) is 25.3 Å². The molecular formula is C20H25N5O4. The standard InChI is InChI=1S/C20H25N5O4/c1-2-7-29-18(3-1)25-16-4-5-17-22-20(16)19(23-25)15-13-21-24(14-15)6-8-26-9-10-27-11-12-28-17/h4-5,13-14,18H,1-3,6-12H2. The second-order valence-electron chi connectivity index (χ2n) is 7.20. The van der Waals surface area contributed by atoms with Gasteiger partial charge in [-0.25, -0.2) is 9.67 Å². The largest absolute Gasteiger partial charge is 0.475 e. The van der Waals surface area contributed by atoms with Gasteiger partial charge < -0.3 is 18.9 Å². The number of aromatic nitrogens is 5. The summed E-state index contributed by atoms with van der Waals surface area (Å²) in [6.45, 7) is 4.03. The molecule has 4 bridgehead atoms. The Kier molecular flexibility index (Phi) is 5.42. The number of hydrogen-bond donors (Lipinski definition) is 0. The first-order chi connectivity index (χ1) is 14.4. The van der Waals surface area contributed by atoms with Crippen LogP contribution in [0.4, 0.5) is 0 Å². The van der Waals surface area contributed by atoms with Gasteiger partial charge in [0, 0.05) is 24.4 Å². The molecule has 0 radical (unpaired) electrons. The average Bonchev–Trinajstić information content (AvgIpc) is 3.37. The van der Waals surface area contributed by atoms with E-state index in [1.54, 1.807) is 0 Å². The van der Waals surface area contributed by atoms with Gasteiger partial charge >= 0.3 is 0 Å². The van der Waals surface area contributed by atoms with Crippen LogP contribution in [0.1, 0.15) is 25.5 Å². The first-order valence-corrected chi connectivity index (χ1v) is 10.2. The van der Waals surface area contributed by atoms with E-state index in [-0.39, 0.29) is 6.23 Å². The summed E-state index contributed by atoms with van der Waals surface area (Å²) < 4.78 is 26.7. The average molecular weight is 399 g/mol. The van der Waals surface area contributed by atoms with Crippen LogP contribution in [0.5, 0.6) is 5.88 Å². The summed E-state index contributed by atoms with van der Waals surface area (Å²) in [6, 6.07) is 3.89. The van der Waals surface area contributed by atoms with Crippen LogP contribution in [0.2, 0.25) is 0 Å². The predicted molar refractivity (Wildman–Crippen MR) is 105 cm³/mol. The summed E-state index contributed by atoms with van der Waals surface area (Å²) in [5.74, 6) is 0.558. The van der Waals surface area contributed by atoms with Gasteiger partial charge in [0.1, 0.15) is 17.8 Å². The minimum Gasteiger partial charge on any atom is -0.475 e. The van der Waals surface area contributed by atoms with Crippen LogP contribution in [-0.4, -0.2) is 64.2 Å². The highest BCUT2D eigenvalue weighted by Gasteiger charge is 2.23. The van der Waals surface area contributed by atoms with Crippen LogP contribution in [0.3, 0.4) is 0 Å². The van der Waals surface area contributed by atoms with Crippen LogP contribution in [0, 0.1) is 0 Å². The summed E-state index contributed by atoms with van der Waals surface area (Å²) in [5.41, 5.74) is 3.44. The first kappa shape index (κ1) is 18.5. The molecular weight excluding hydrogens is 374 g/mol. The van der Waals surface area contributed by atoms with Crippen molar-refractivity contribution in [1.29, 1.82) is 0 Å². The van der Waals surface area contributed by atoms with E-state index in [0.717, 1.165) is 48.2 Å². The van der Waals surface area contributed by atoms with E-state index >= 15 is 0 Å². The second-order valence-corrected chi connectivity index (χ2v) is 7.20. The molecule has 1 saturated heterocycles. The molecule has 0 amide bonds. The van der Waals surface area contributed by atoms with Crippen molar-refractivity contribution in [3.8, 4) is 17.1 Å². The van der Waals surface area contributed by atoms with Gasteiger partial charge in [-0.2, -0.15) is 10.2 Å². The van der Waals surface area contributed by atoms with Crippen molar-refractivity contribution in [2.75, 3.05) is 39.6 Å². The van der Waals surface area contributed by atoms with Gasteiger partial charge in [0.15, 0.2) is 6.23 Å². The molecule has 0 aromatic carbocycles. The molecule has 1 fully saturated rings. The molecule has 5 rings (SSSR count). The lowest BCUT2D eigenvalue weighted by Crippen LogP contribution is -2.19. The predicted octanol–water partition coefficient (Wildman–Crippen LogP) is 2.42. The van der Waals surface area contributed by atoms with E-state index in [1.807, 2.05) is 33.9 Å². The van der Waals surface area contributed by atoms with Crippen LogP contribution < -0.4 is 4.74 Å². The lowest BCUT2D eigenvalue weighted by Gasteiger charge is -2.23. The second kappa shape index (κ2) is 8.48. The van der Waals surface area contributed by atoms with Crippen LogP contribution in [0.15, 0.2) is 24.5 Å². The fraction of sp³-hybridized carbons (Fsp3) is 0.550. The van der Waals surface area contributed by atoms with Gasteiger partial charge in [0.05, 0.1) is 44.7 Å². The minimum atomic E-state index is -0.0699. The summed E-state index contributed by atoms with van der Waals surface area (Å²) in [6.07, 6.45) is 6.91. The topological polar surface area (TPSA) is 85.5 Å². The summed E-state index contributed by atoms with van der Waals surface area (Å²) in [7, 11) is 0. The van der Waals surface area contributed by atoms with Crippen LogP contribution >= 0.6 is 0 Å². The molecule has 29 heavy (non-hydrogen) atoms. The Hall–Kier alpha value is -2.49. The molecule has 1 unspecified atom stereocenters. The number of pyridine rings is 1. The third-order valence-corrected chi connectivity index (χ3v) is 5.18. The molecule has 3 aromatic heterocycles. The van der Waals surface area contributed by atoms with Crippen molar-refractivity contribution in [3.05, 3.63) is 24.5 Å². The summed E-state index contributed by atoms with van der Waals surface area (Å²) in [5, 5.41) is 9.35. The van der Waals surface area contributed by atoms with E-state index in [4.69, 9.17) is 29.0 Å². The minimum absolute atomic E-state index is 0.0699. The molecule has 0 N–H and O–H groups in total. The molecule has 154 valence electrons. The smallest absolute Gasteiger partial charge is 0.214 e. The normalized spacial score (nSPS) is 21.3. The molecule has 9 heteroatoms. The molecule has 9 nitrogen and oxygen atoms in total. The number of nitrogens with zero attached hydrogens (tertiary/aromatic N) is 5. The van der Waals surface area contributed by atoms with Gasteiger partial charge in [-0.15, -0.1) is 0 Å². The molecule has 0 aliphatic carbocycles. The SMILES string of the molecule is c1nn2cc1-c1nn(C3CCCCO3)c3ccc(nc13)OCCOCCOCC2. The molecule has 0 saturated carbocycles. The van der Waals surface area contributed by atoms with Gasteiger partial charge in [-0.1, -0.05) is 0 Å². The van der Waals surface area contributed by atoms with E-state index in [9.17, 15) is 0 Å². The third-order valence-electron chi connectivity index (χ3n) is 5.18. The van der Waals surface area contributed by atoms with E-state index in [2.05, 4.69) is 5.10 Å². The third kappa shape index (κ3) is 3.98. The Morgan fingerprint density at radius 2 is 1.86 bits per heavy atom. The fourth-order valence-corrected chi connectivity index (χ4v) is 3.71. The number of ether oxygens (including phenoxy) is 4. The highest BCUT2D eigenvalue weighted by atomic mass is 16.5. The maximum absolute atomic E-state index is 5.98. The maximum atomic E-state index is 5.98. The molecule has 2 aliphatic heterocycles. The van der Waals surface area contributed by atoms with Crippen molar-refractivity contribution in [1.82, 2.24) is 24.5 Å². The van der Waals surface area contributed by atoms with E-state index in [1.165, 1.54) is 0 Å². The Bertz CT molecular complexity index is 963. The van der Waals surface area contributed by atoms with E-state index in [0.29, 0.717) is 45.5 Å². The summed E-state index contributed by atoms with van der Waals surface area (Å²) in [4.78, 5) is 4.76.